The summed E-state index contributed by atoms with van der Waals surface area (Å²) in [6.45, 7) is 12.6. The van der Waals surface area contributed by atoms with Crippen LogP contribution in [0.25, 0.3) is 0 Å². The first-order chi connectivity index (χ1) is 14.4. The van der Waals surface area contributed by atoms with E-state index in [2.05, 4.69) is 34.1 Å². The first-order valence-electron chi connectivity index (χ1n) is 11.3. The predicted octanol–water partition coefficient (Wildman–Crippen LogP) is 1.00. The summed E-state index contributed by atoms with van der Waals surface area (Å²) in [5, 5.41) is 6.37. The van der Waals surface area contributed by atoms with Gasteiger partial charge in [0.15, 0.2) is 5.96 Å². The molecule has 0 bridgehead atoms. The third kappa shape index (κ3) is 11.5. The Labute approximate surface area is 205 Å². The average Bonchev–Trinajstić information content (AvgIpc) is 2.74. The van der Waals surface area contributed by atoms with Crippen molar-refractivity contribution in [3.8, 4) is 0 Å². The Hall–Kier alpha value is -0.210. The summed E-state index contributed by atoms with van der Waals surface area (Å²) in [6, 6.07) is 0.338. The van der Waals surface area contributed by atoms with Gasteiger partial charge in [-0.1, -0.05) is 13.8 Å². The van der Waals surface area contributed by atoms with Crippen molar-refractivity contribution in [2.75, 3.05) is 64.8 Å². The highest BCUT2D eigenvalue weighted by atomic mass is 127. The molecule has 0 aromatic rings. The molecule has 0 saturated carbocycles. The second-order valence-corrected chi connectivity index (χ2v) is 10.2. The van der Waals surface area contributed by atoms with Crippen molar-refractivity contribution in [1.29, 1.82) is 0 Å². The van der Waals surface area contributed by atoms with E-state index >= 15 is 0 Å². The molecule has 0 aromatic heterocycles. The van der Waals surface area contributed by atoms with E-state index in [1.807, 2.05) is 6.92 Å². The van der Waals surface area contributed by atoms with Gasteiger partial charge in [0.2, 0.25) is 10.0 Å². The third-order valence-corrected chi connectivity index (χ3v) is 6.88. The lowest BCUT2D eigenvalue weighted by atomic mass is 10.0. The summed E-state index contributed by atoms with van der Waals surface area (Å²) >= 11 is 0. The summed E-state index contributed by atoms with van der Waals surface area (Å²) in [6.07, 6.45) is 3.06. The maximum absolute atomic E-state index is 12.3. The molecule has 2 fully saturated rings. The number of morpholine rings is 1. The van der Waals surface area contributed by atoms with Gasteiger partial charge in [-0.2, -0.15) is 0 Å². The Kier molecular flexibility index (Phi) is 14.5. The number of nitrogens with one attached hydrogen (secondary N) is 3. The van der Waals surface area contributed by atoms with Gasteiger partial charge in [0.25, 0.3) is 0 Å². The van der Waals surface area contributed by atoms with Crippen molar-refractivity contribution in [2.45, 2.75) is 52.2 Å². The minimum absolute atomic E-state index is 0. The Balaban J connectivity index is 0.00000480. The maximum atomic E-state index is 12.3. The lowest BCUT2D eigenvalue weighted by Gasteiger charge is -2.36. The Bertz CT molecular complexity index is 609. The highest BCUT2D eigenvalue weighted by molar-refractivity contribution is 14.0. The van der Waals surface area contributed by atoms with Crippen molar-refractivity contribution >= 4 is 40.0 Å². The zero-order chi connectivity index (χ0) is 21.8. The number of halogens is 1. The van der Waals surface area contributed by atoms with Crippen LogP contribution in [0.2, 0.25) is 0 Å². The van der Waals surface area contributed by atoms with Gasteiger partial charge in [0.05, 0.1) is 31.6 Å². The molecule has 2 saturated heterocycles. The molecule has 9 nitrogen and oxygen atoms in total. The molecular formula is C20H42IN5O4S. The Morgan fingerprint density at radius 3 is 2.52 bits per heavy atom. The van der Waals surface area contributed by atoms with Gasteiger partial charge in [0.1, 0.15) is 0 Å². The van der Waals surface area contributed by atoms with E-state index < -0.39 is 10.0 Å². The number of ether oxygens (including phenoxy) is 2. The average molecular weight is 576 g/mol. The minimum atomic E-state index is -3.35. The predicted molar refractivity (Wildman–Crippen MR) is 136 cm³/mol. The number of nitrogens with zero attached hydrogens (tertiary/aromatic N) is 2. The molecule has 3 N–H and O–H groups in total. The van der Waals surface area contributed by atoms with Gasteiger partial charge in [-0.3, -0.25) is 9.89 Å². The van der Waals surface area contributed by atoms with Crippen LogP contribution >= 0.6 is 24.0 Å². The fraction of sp³-hybridized carbons (Fsp3) is 0.950. The first kappa shape index (κ1) is 28.8. The van der Waals surface area contributed by atoms with Crippen LogP contribution < -0.4 is 15.4 Å². The van der Waals surface area contributed by atoms with E-state index in [1.54, 1.807) is 0 Å². The minimum Gasteiger partial charge on any atom is -0.379 e. The fourth-order valence-electron chi connectivity index (χ4n) is 3.75. The van der Waals surface area contributed by atoms with Crippen LogP contribution in [-0.4, -0.2) is 96.3 Å². The summed E-state index contributed by atoms with van der Waals surface area (Å²) < 4.78 is 38.3. The van der Waals surface area contributed by atoms with E-state index in [9.17, 15) is 8.42 Å². The third-order valence-electron chi connectivity index (χ3n) is 5.53. The van der Waals surface area contributed by atoms with Crippen LogP contribution in [0.4, 0.5) is 0 Å². The van der Waals surface area contributed by atoms with Gasteiger partial charge in [0, 0.05) is 45.4 Å². The van der Waals surface area contributed by atoms with Gasteiger partial charge >= 0.3 is 0 Å². The molecule has 2 heterocycles. The molecule has 2 rings (SSSR count). The molecule has 0 radical (unpaired) electrons. The second-order valence-electron chi connectivity index (χ2n) is 8.26. The molecule has 0 spiro atoms. The second kappa shape index (κ2) is 15.6. The molecule has 0 aromatic carbocycles. The van der Waals surface area contributed by atoms with Crippen molar-refractivity contribution in [3.05, 3.63) is 0 Å². The lowest BCUT2D eigenvalue weighted by Crippen LogP contribution is -2.48. The zero-order valence-electron chi connectivity index (χ0n) is 19.3. The highest BCUT2D eigenvalue weighted by Gasteiger charge is 2.23. The van der Waals surface area contributed by atoms with Crippen LogP contribution in [0.1, 0.15) is 40.0 Å². The molecule has 31 heavy (non-hydrogen) atoms. The standard InChI is InChI=1S/C20H41N5O4S.HI/c1-4-21-20(23-16-19(17(2)3)25-9-12-28-13-10-25)22-8-14-30(26,27)24-15-18-7-5-6-11-29-18;/h17-19,24H,4-16H2,1-3H3,(H2,21,22,23);1H. The zero-order valence-corrected chi connectivity index (χ0v) is 22.4. The summed E-state index contributed by atoms with van der Waals surface area (Å²) in [5.41, 5.74) is 0. The first-order valence-corrected chi connectivity index (χ1v) is 13.0. The molecule has 2 aliphatic heterocycles. The molecule has 0 amide bonds. The number of hydrogen-bond donors (Lipinski definition) is 3. The largest absolute Gasteiger partial charge is 0.379 e. The quantitative estimate of drug-likeness (QED) is 0.192. The van der Waals surface area contributed by atoms with E-state index in [4.69, 9.17) is 14.5 Å². The van der Waals surface area contributed by atoms with Crippen LogP contribution in [0.3, 0.4) is 0 Å². The lowest BCUT2D eigenvalue weighted by molar-refractivity contribution is 0.00867. The Morgan fingerprint density at radius 2 is 1.90 bits per heavy atom. The van der Waals surface area contributed by atoms with Crippen LogP contribution in [0, 0.1) is 5.92 Å². The fourth-order valence-corrected chi connectivity index (χ4v) is 4.70. The SMILES string of the molecule is CCNC(=NCC(C(C)C)N1CCOCC1)NCCS(=O)(=O)NCC1CCCCO1.I. The maximum Gasteiger partial charge on any atom is 0.213 e. The molecule has 0 aliphatic carbocycles. The Morgan fingerprint density at radius 1 is 1.16 bits per heavy atom. The van der Waals surface area contributed by atoms with Gasteiger partial charge in [-0.15, -0.1) is 24.0 Å². The van der Waals surface area contributed by atoms with Crippen LogP contribution in [0.15, 0.2) is 4.99 Å². The molecule has 2 atom stereocenters. The summed E-state index contributed by atoms with van der Waals surface area (Å²) in [7, 11) is -3.35. The van der Waals surface area contributed by atoms with Crippen LogP contribution in [-0.2, 0) is 19.5 Å². The summed E-state index contributed by atoms with van der Waals surface area (Å²) in [4.78, 5) is 7.16. The number of rotatable bonds is 11. The molecule has 11 heteroatoms. The van der Waals surface area contributed by atoms with E-state index in [-0.39, 0.29) is 35.8 Å². The van der Waals surface area contributed by atoms with Gasteiger partial charge in [-0.25, -0.2) is 13.1 Å². The number of aliphatic imine (C=N–C) groups is 1. The normalized spacial score (nSPS) is 22.1. The number of hydrogen-bond acceptors (Lipinski definition) is 6. The van der Waals surface area contributed by atoms with Crippen molar-refractivity contribution in [2.24, 2.45) is 10.9 Å². The van der Waals surface area contributed by atoms with Crippen molar-refractivity contribution in [3.63, 3.8) is 0 Å². The molecule has 184 valence electrons. The van der Waals surface area contributed by atoms with Crippen molar-refractivity contribution in [1.82, 2.24) is 20.3 Å². The molecule has 2 unspecified atom stereocenters. The van der Waals surface area contributed by atoms with Gasteiger partial charge < -0.3 is 20.1 Å². The topological polar surface area (TPSA) is 104 Å². The van der Waals surface area contributed by atoms with E-state index in [0.29, 0.717) is 37.6 Å². The van der Waals surface area contributed by atoms with Gasteiger partial charge in [-0.05, 0) is 32.1 Å². The molecular weight excluding hydrogens is 533 g/mol. The van der Waals surface area contributed by atoms with Crippen molar-refractivity contribution < 1.29 is 17.9 Å². The molecule has 2 aliphatic rings. The smallest absolute Gasteiger partial charge is 0.213 e. The summed E-state index contributed by atoms with van der Waals surface area (Å²) in [5.74, 6) is 1.13. The monoisotopic (exact) mass is 575 g/mol. The van der Waals surface area contributed by atoms with Crippen LogP contribution in [0.5, 0.6) is 0 Å². The van der Waals surface area contributed by atoms with E-state index in [1.165, 1.54) is 0 Å². The highest BCUT2D eigenvalue weighted by Crippen LogP contribution is 2.13. The number of sulfonamides is 1. The van der Waals surface area contributed by atoms with E-state index in [0.717, 1.165) is 58.7 Å². The number of guanidine groups is 1.